The van der Waals surface area contributed by atoms with Gasteiger partial charge in [0.1, 0.15) is 11.4 Å². The van der Waals surface area contributed by atoms with Gasteiger partial charge in [-0.05, 0) is 45.7 Å². The van der Waals surface area contributed by atoms with Crippen LogP contribution in [0.2, 0.25) is 0 Å². The third-order valence-electron chi connectivity index (χ3n) is 2.96. The number of nitrogens with zero attached hydrogens (tertiary/aromatic N) is 2. The van der Waals surface area contributed by atoms with E-state index in [0.29, 0.717) is 18.8 Å². The van der Waals surface area contributed by atoms with Crippen molar-refractivity contribution in [2.45, 2.75) is 53.0 Å². The molecule has 0 bridgehead atoms. The van der Waals surface area contributed by atoms with E-state index < -0.39 is 0 Å². The molecule has 1 N–H and O–H groups in total. The molecule has 1 heterocycles. The molecule has 0 unspecified atom stereocenters. The van der Waals surface area contributed by atoms with Gasteiger partial charge in [0.2, 0.25) is 0 Å². The molecule has 1 rings (SSSR count). The van der Waals surface area contributed by atoms with E-state index in [2.05, 4.69) is 10.3 Å². The SMILES string of the molecule is CCCN(CCC)C(=O)c1cccc(C(=O)NC(C)(C)C)n1. The predicted molar refractivity (Wildman–Crippen MR) is 87.9 cm³/mol. The Labute approximate surface area is 133 Å². The summed E-state index contributed by atoms with van der Waals surface area (Å²) in [5, 5.41) is 2.85. The predicted octanol–water partition coefficient (Wildman–Crippen LogP) is 2.87. The summed E-state index contributed by atoms with van der Waals surface area (Å²) in [7, 11) is 0. The molecule has 1 aromatic heterocycles. The topological polar surface area (TPSA) is 62.3 Å². The van der Waals surface area contributed by atoms with Crippen molar-refractivity contribution in [2.24, 2.45) is 0 Å². The molecule has 1 aromatic rings. The summed E-state index contributed by atoms with van der Waals surface area (Å²) in [6, 6.07) is 4.99. The Morgan fingerprint density at radius 1 is 1.09 bits per heavy atom. The van der Waals surface area contributed by atoms with Crippen LogP contribution in [0.5, 0.6) is 0 Å². The Bertz CT molecular complexity index is 515. The summed E-state index contributed by atoms with van der Waals surface area (Å²) < 4.78 is 0. The van der Waals surface area contributed by atoms with Gasteiger partial charge in [0.25, 0.3) is 11.8 Å². The Hall–Kier alpha value is -1.91. The van der Waals surface area contributed by atoms with Crippen molar-refractivity contribution in [3.8, 4) is 0 Å². The van der Waals surface area contributed by atoms with Gasteiger partial charge in [0.15, 0.2) is 0 Å². The standard InChI is InChI=1S/C17H27N3O2/c1-6-11-20(12-7-2)16(22)14-10-8-9-13(18-14)15(21)19-17(3,4)5/h8-10H,6-7,11-12H2,1-5H3,(H,19,21). The molecule has 0 saturated heterocycles. The second-order valence-corrected chi connectivity index (χ2v) is 6.40. The molecule has 0 spiro atoms. The Balaban J connectivity index is 2.95. The highest BCUT2D eigenvalue weighted by molar-refractivity contribution is 5.96. The van der Waals surface area contributed by atoms with Gasteiger partial charge in [0, 0.05) is 18.6 Å². The van der Waals surface area contributed by atoms with Crippen molar-refractivity contribution in [3.05, 3.63) is 29.6 Å². The summed E-state index contributed by atoms with van der Waals surface area (Å²) in [6.45, 7) is 11.2. The van der Waals surface area contributed by atoms with Crippen LogP contribution in [0.15, 0.2) is 18.2 Å². The summed E-state index contributed by atoms with van der Waals surface area (Å²) in [5.74, 6) is -0.381. The highest BCUT2D eigenvalue weighted by atomic mass is 16.2. The van der Waals surface area contributed by atoms with Crippen molar-refractivity contribution >= 4 is 11.8 Å². The Kier molecular flexibility index (Phi) is 6.53. The Morgan fingerprint density at radius 2 is 1.64 bits per heavy atom. The van der Waals surface area contributed by atoms with Gasteiger partial charge in [0.05, 0.1) is 0 Å². The van der Waals surface area contributed by atoms with Crippen molar-refractivity contribution < 1.29 is 9.59 Å². The first kappa shape index (κ1) is 18.1. The number of aromatic nitrogens is 1. The normalized spacial score (nSPS) is 11.1. The molecule has 0 atom stereocenters. The maximum absolute atomic E-state index is 12.5. The minimum absolute atomic E-state index is 0.117. The molecule has 22 heavy (non-hydrogen) atoms. The van der Waals surface area contributed by atoms with Gasteiger partial charge >= 0.3 is 0 Å². The molecule has 2 amide bonds. The van der Waals surface area contributed by atoms with Gasteiger partial charge in [-0.3, -0.25) is 9.59 Å². The monoisotopic (exact) mass is 305 g/mol. The van der Waals surface area contributed by atoms with E-state index in [9.17, 15) is 9.59 Å². The zero-order valence-electron chi connectivity index (χ0n) is 14.3. The summed E-state index contributed by atoms with van der Waals surface area (Å²) in [4.78, 5) is 30.7. The minimum Gasteiger partial charge on any atom is -0.346 e. The first-order valence-electron chi connectivity index (χ1n) is 7.87. The van der Waals surface area contributed by atoms with E-state index in [1.165, 1.54) is 0 Å². The first-order valence-corrected chi connectivity index (χ1v) is 7.87. The molecule has 0 aromatic carbocycles. The molecule has 0 aliphatic heterocycles. The maximum Gasteiger partial charge on any atom is 0.272 e. The van der Waals surface area contributed by atoms with Gasteiger partial charge in [-0.25, -0.2) is 4.98 Å². The van der Waals surface area contributed by atoms with Crippen LogP contribution in [0.3, 0.4) is 0 Å². The molecule has 0 saturated carbocycles. The van der Waals surface area contributed by atoms with Gasteiger partial charge in [-0.15, -0.1) is 0 Å². The highest BCUT2D eigenvalue weighted by Gasteiger charge is 2.20. The van der Waals surface area contributed by atoms with Gasteiger partial charge in [-0.2, -0.15) is 0 Å². The number of carbonyl (C=O) groups excluding carboxylic acids is 2. The van der Waals surface area contributed by atoms with E-state index >= 15 is 0 Å². The molecule has 122 valence electrons. The van der Waals surface area contributed by atoms with Crippen LogP contribution in [0.1, 0.15) is 68.4 Å². The molecule has 0 radical (unpaired) electrons. The van der Waals surface area contributed by atoms with Gasteiger partial charge < -0.3 is 10.2 Å². The van der Waals surface area contributed by atoms with Crippen molar-refractivity contribution in [2.75, 3.05) is 13.1 Å². The van der Waals surface area contributed by atoms with Crippen LogP contribution in [0.4, 0.5) is 0 Å². The molecule has 0 aliphatic rings. The second-order valence-electron chi connectivity index (χ2n) is 6.40. The number of pyridine rings is 1. The van der Waals surface area contributed by atoms with Crippen LogP contribution in [-0.2, 0) is 0 Å². The lowest BCUT2D eigenvalue weighted by molar-refractivity contribution is 0.0749. The first-order chi connectivity index (χ1) is 10.3. The van der Waals surface area contributed by atoms with Gasteiger partial charge in [-0.1, -0.05) is 19.9 Å². The van der Waals surface area contributed by atoms with Crippen molar-refractivity contribution in [3.63, 3.8) is 0 Å². The average Bonchev–Trinajstić information content (AvgIpc) is 2.44. The lowest BCUT2D eigenvalue weighted by atomic mass is 10.1. The number of amides is 2. The largest absolute Gasteiger partial charge is 0.346 e. The van der Waals surface area contributed by atoms with Crippen LogP contribution in [-0.4, -0.2) is 40.3 Å². The van der Waals surface area contributed by atoms with E-state index in [1.807, 2.05) is 34.6 Å². The van der Waals surface area contributed by atoms with E-state index in [1.54, 1.807) is 23.1 Å². The number of carbonyl (C=O) groups is 2. The maximum atomic E-state index is 12.5. The smallest absolute Gasteiger partial charge is 0.272 e. The lowest BCUT2D eigenvalue weighted by Gasteiger charge is -2.22. The number of nitrogens with one attached hydrogen (secondary N) is 1. The van der Waals surface area contributed by atoms with E-state index in [-0.39, 0.29) is 23.0 Å². The lowest BCUT2D eigenvalue weighted by Crippen LogP contribution is -2.41. The van der Waals surface area contributed by atoms with E-state index in [0.717, 1.165) is 12.8 Å². The molecule has 0 aliphatic carbocycles. The van der Waals surface area contributed by atoms with Crippen LogP contribution < -0.4 is 5.32 Å². The molecule has 0 fully saturated rings. The highest BCUT2D eigenvalue weighted by Crippen LogP contribution is 2.08. The number of hydrogen-bond donors (Lipinski definition) is 1. The summed E-state index contributed by atoms with van der Waals surface area (Å²) in [6.07, 6.45) is 1.80. The fourth-order valence-electron chi connectivity index (χ4n) is 2.10. The third kappa shape index (κ3) is 5.47. The van der Waals surface area contributed by atoms with Crippen LogP contribution in [0, 0.1) is 0 Å². The second kappa shape index (κ2) is 7.92. The minimum atomic E-state index is -0.338. The summed E-state index contributed by atoms with van der Waals surface area (Å²) in [5.41, 5.74) is 0.257. The zero-order chi connectivity index (χ0) is 16.8. The number of hydrogen-bond acceptors (Lipinski definition) is 3. The fraction of sp³-hybridized carbons (Fsp3) is 0.588. The van der Waals surface area contributed by atoms with E-state index in [4.69, 9.17) is 0 Å². The third-order valence-corrected chi connectivity index (χ3v) is 2.96. The van der Waals surface area contributed by atoms with Crippen molar-refractivity contribution in [1.82, 2.24) is 15.2 Å². The zero-order valence-corrected chi connectivity index (χ0v) is 14.3. The molecular weight excluding hydrogens is 278 g/mol. The van der Waals surface area contributed by atoms with Crippen LogP contribution >= 0.6 is 0 Å². The molecule has 5 nitrogen and oxygen atoms in total. The molecule has 5 heteroatoms. The quantitative estimate of drug-likeness (QED) is 0.879. The fourth-order valence-corrected chi connectivity index (χ4v) is 2.10. The van der Waals surface area contributed by atoms with Crippen molar-refractivity contribution in [1.29, 1.82) is 0 Å². The average molecular weight is 305 g/mol. The Morgan fingerprint density at radius 3 is 2.14 bits per heavy atom. The number of rotatable bonds is 6. The summed E-state index contributed by atoms with van der Waals surface area (Å²) >= 11 is 0. The van der Waals surface area contributed by atoms with Crippen LogP contribution in [0.25, 0.3) is 0 Å². The molecular formula is C17H27N3O2.